The third-order valence-corrected chi connectivity index (χ3v) is 2.73. The van der Waals surface area contributed by atoms with Crippen molar-refractivity contribution in [2.45, 2.75) is 6.92 Å². The molecule has 0 bridgehead atoms. The van der Waals surface area contributed by atoms with Gasteiger partial charge in [-0.1, -0.05) is 12.1 Å². The first-order chi connectivity index (χ1) is 9.56. The molecule has 0 aliphatic carbocycles. The minimum atomic E-state index is -0.337. The molecule has 0 saturated heterocycles. The van der Waals surface area contributed by atoms with Crippen LogP contribution in [-0.2, 0) is 4.79 Å². The number of hydrogen-bond acceptors (Lipinski definition) is 3. The molecule has 1 amide bonds. The average molecular weight is 274 g/mol. The van der Waals surface area contributed by atoms with Crippen LogP contribution < -0.4 is 15.8 Å². The van der Waals surface area contributed by atoms with E-state index in [2.05, 4.69) is 5.32 Å². The van der Waals surface area contributed by atoms with E-state index >= 15 is 0 Å². The lowest BCUT2D eigenvalue weighted by molar-refractivity contribution is -0.118. The van der Waals surface area contributed by atoms with E-state index in [-0.39, 0.29) is 18.3 Å². The van der Waals surface area contributed by atoms with Crippen molar-refractivity contribution in [3.8, 4) is 5.75 Å². The van der Waals surface area contributed by atoms with E-state index < -0.39 is 0 Å². The number of carbonyl (C=O) groups is 1. The molecular formula is C15H15FN2O2. The Balaban J connectivity index is 1.94. The maximum Gasteiger partial charge on any atom is 0.262 e. The van der Waals surface area contributed by atoms with Crippen LogP contribution in [0.5, 0.6) is 5.75 Å². The van der Waals surface area contributed by atoms with Gasteiger partial charge in [0.2, 0.25) is 0 Å². The Morgan fingerprint density at radius 1 is 1.30 bits per heavy atom. The molecule has 0 unspecified atom stereocenters. The zero-order valence-electron chi connectivity index (χ0n) is 11.0. The molecule has 2 aromatic rings. The summed E-state index contributed by atoms with van der Waals surface area (Å²) in [5.41, 5.74) is 7.38. The summed E-state index contributed by atoms with van der Waals surface area (Å²) in [5.74, 6) is -0.189. The van der Waals surface area contributed by atoms with Crippen LogP contribution in [0.1, 0.15) is 5.56 Å². The Bertz CT molecular complexity index is 629. The predicted molar refractivity (Wildman–Crippen MR) is 76.1 cm³/mol. The lowest BCUT2D eigenvalue weighted by atomic mass is 10.2. The minimum absolute atomic E-state index is 0.166. The molecule has 4 nitrogen and oxygen atoms in total. The van der Waals surface area contributed by atoms with Gasteiger partial charge in [0.15, 0.2) is 6.61 Å². The summed E-state index contributed by atoms with van der Waals surface area (Å²) in [4.78, 5) is 11.8. The van der Waals surface area contributed by atoms with E-state index in [4.69, 9.17) is 10.5 Å². The van der Waals surface area contributed by atoms with Crippen LogP contribution in [0.4, 0.5) is 15.8 Å². The number of nitrogens with one attached hydrogen (secondary N) is 1. The summed E-state index contributed by atoms with van der Waals surface area (Å²) >= 11 is 0. The summed E-state index contributed by atoms with van der Waals surface area (Å²) in [5, 5.41) is 2.65. The molecular weight excluding hydrogens is 259 g/mol. The van der Waals surface area contributed by atoms with Gasteiger partial charge in [-0.05, 0) is 42.8 Å². The van der Waals surface area contributed by atoms with E-state index in [0.717, 1.165) is 0 Å². The van der Waals surface area contributed by atoms with Gasteiger partial charge in [0, 0.05) is 0 Å². The first-order valence-corrected chi connectivity index (χ1v) is 6.09. The predicted octanol–water partition coefficient (Wildman–Crippen LogP) is 2.73. The van der Waals surface area contributed by atoms with Gasteiger partial charge in [-0.3, -0.25) is 4.79 Å². The van der Waals surface area contributed by atoms with E-state index in [9.17, 15) is 9.18 Å². The number of benzene rings is 2. The number of halogens is 1. The number of aryl methyl sites for hydroxylation is 1. The number of hydrogen-bond donors (Lipinski definition) is 2. The first-order valence-electron chi connectivity index (χ1n) is 6.09. The Kier molecular flexibility index (Phi) is 4.20. The number of carbonyl (C=O) groups excluding carboxylic acids is 1. The highest BCUT2D eigenvalue weighted by atomic mass is 19.1. The highest BCUT2D eigenvalue weighted by molar-refractivity contribution is 5.94. The van der Waals surface area contributed by atoms with Gasteiger partial charge < -0.3 is 15.8 Å². The smallest absolute Gasteiger partial charge is 0.262 e. The molecule has 5 heteroatoms. The Hall–Kier alpha value is -2.56. The maximum absolute atomic E-state index is 12.9. The van der Waals surface area contributed by atoms with E-state index in [1.807, 2.05) is 0 Å². The molecule has 20 heavy (non-hydrogen) atoms. The third-order valence-electron chi connectivity index (χ3n) is 2.73. The van der Waals surface area contributed by atoms with Gasteiger partial charge in [-0.25, -0.2) is 4.39 Å². The van der Waals surface area contributed by atoms with E-state index in [0.29, 0.717) is 22.7 Å². The fraction of sp³-hybridized carbons (Fsp3) is 0.133. The second-order valence-corrected chi connectivity index (χ2v) is 4.33. The van der Waals surface area contributed by atoms with Crippen molar-refractivity contribution >= 4 is 17.3 Å². The number of para-hydroxylation sites is 2. The molecule has 2 rings (SSSR count). The molecule has 0 saturated carbocycles. The lowest BCUT2D eigenvalue weighted by Crippen LogP contribution is -2.21. The normalized spacial score (nSPS) is 10.1. The molecule has 3 N–H and O–H groups in total. The largest absolute Gasteiger partial charge is 0.483 e. The van der Waals surface area contributed by atoms with Crippen LogP contribution in [0.3, 0.4) is 0 Å². The van der Waals surface area contributed by atoms with Gasteiger partial charge in [0.1, 0.15) is 11.6 Å². The second kappa shape index (κ2) is 6.06. The summed E-state index contributed by atoms with van der Waals surface area (Å²) in [7, 11) is 0. The number of rotatable bonds is 4. The fourth-order valence-corrected chi connectivity index (χ4v) is 1.72. The van der Waals surface area contributed by atoms with Crippen molar-refractivity contribution < 1.29 is 13.9 Å². The van der Waals surface area contributed by atoms with E-state index in [1.54, 1.807) is 31.2 Å². The van der Waals surface area contributed by atoms with Crippen molar-refractivity contribution in [1.82, 2.24) is 0 Å². The first kappa shape index (κ1) is 13.9. The number of nitrogen functional groups attached to an aromatic ring is 1. The van der Waals surface area contributed by atoms with Crippen LogP contribution in [0, 0.1) is 12.7 Å². The number of nitrogens with two attached hydrogens (primary N) is 1. The van der Waals surface area contributed by atoms with Gasteiger partial charge in [0.05, 0.1) is 11.4 Å². The van der Waals surface area contributed by atoms with Gasteiger partial charge in [-0.15, -0.1) is 0 Å². The molecule has 2 aromatic carbocycles. The quantitative estimate of drug-likeness (QED) is 0.842. The van der Waals surface area contributed by atoms with Gasteiger partial charge in [0.25, 0.3) is 5.91 Å². The molecule has 0 fully saturated rings. The van der Waals surface area contributed by atoms with E-state index in [1.165, 1.54) is 18.2 Å². The lowest BCUT2D eigenvalue weighted by Gasteiger charge is -2.10. The molecule has 0 aromatic heterocycles. The zero-order chi connectivity index (χ0) is 14.5. The molecule has 0 heterocycles. The topological polar surface area (TPSA) is 64.3 Å². The highest BCUT2D eigenvalue weighted by Gasteiger charge is 2.07. The van der Waals surface area contributed by atoms with Crippen molar-refractivity contribution in [2.24, 2.45) is 0 Å². The van der Waals surface area contributed by atoms with Crippen molar-refractivity contribution in [2.75, 3.05) is 17.7 Å². The van der Waals surface area contributed by atoms with Crippen LogP contribution >= 0.6 is 0 Å². The van der Waals surface area contributed by atoms with Crippen molar-refractivity contribution in [1.29, 1.82) is 0 Å². The monoisotopic (exact) mass is 274 g/mol. The molecule has 0 spiro atoms. The Labute approximate surface area is 116 Å². The average Bonchev–Trinajstić information content (AvgIpc) is 2.40. The Morgan fingerprint density at radius 2 is 2.05 bits per heavy atom. The van der Waals surface area contributed by atoms with Crippen LogP contribution in [0.25, 0.3) is 0 Å². The van der Waals surface area contributed by atoms with Crippen LogP contribution in [0.15, 0.2) is 42.5 Å². The third kappa shape index (κ3) is 3.47. The maximum atomic E-state index is 12.9. The number of amides is 1. The standard InChI is InChI=1S/C15H15FN2O2/c1-10-8-11(16)6-7-14(10)20-9-15(19)18-13-5-3-2-4-12(13)17/h2-8H,9,17H2,1H3,(H,18,19). The molecule has 0 atom stereocenters. The van der Waals surface area contributed by atoms with Crippen molar-refractivity contribution in [3.05, 3.63) is 53.8 Å². The summed E-state index contributed by atoms with van der Waals surface area (Å²) in [6.07, 6.45) is 0. The Morgan fingerprint density at radius 3 is 2.75 bits per heavy atom. The van der Waals surface area contributed by atoms with Crippen LogP contribution in [0.2, 0.25) is 0 Å². The molecule has 0 aliphatic rings. The molecule has 0 aliphatic heterocycles. The summed E-state index contributed by atoms with van der Waals surface area (Å²) < 4.78 is 18.3. The number of anilines is 2. The van der Waals surface area contributed by atoms with Crippen molar-refractivity contribution in [3.63, 3.8) is 0 Å². The fourth-order valence-electron chi connectivity index (χ4n) is 1.72. The zero-order valence-corrected chi connectivity index (χ0v) is 11.0. The highest BCUT2D eigenvalue weighted by Crippen LogP contribution is 2.19. The van der Waals surface area contributed by atoms with Gasteiger partial charge in [-0.2, -0.15) is 0 Å². The SMILES string of the molecule is Cc1cc(F)ccc1OCC(=O)Nc1ccccc1N. The summed E-state index contributed by atoms with van der Waals surface area (Å²) in [6, 6.07) is 11.1. The second-order valence-electron chi connectivity index (χ2n) is 4.33. The van der Waals surface area contributed by atoms with Gasteiger partial charge >= 0.3 is 0 Å². The minimum Gasteiger partial charge on any atom is -0.483 e. The molecule has 0 radical (unpaired) electrons. The molecule has 104 valence electrons. The van der Waals surface area contributed by atoms with Crippen LogP contribution in [-0.4, -0.2) is 12.5 Å². The number of ether oxygens (including phenoxy) is 1. The summed E-state index contributed by atoms with van der Waals surface area (Å²) in [6.45, 7) is 1.55.